The van der Waals surface area contributed by atoms with E-state index in [1.165, 1.54) is 13.3 Å². The lowest BCUT2D eigenvalue weighted by Gasteiger charge is -2.34. The molecule has 0 aliphatic heterocycles. The van der Waals surface area contributed by atoms with Gasteiger partial charge < -0.3 is 0 Å². The monoisotopic (exact) mass is 258 g/mol. The Labute approximate surface area is 104 Å². The summed E-state index contributed by atoms with van der Waals surface area (Å²) in [6.45, 7) is 5.69. The van der Waals surface area contributed by atoms with Gasteiger partial charge in [-0.2, -0.15) is 5.26 Å². The quantitative estimate of drug-likeness (QED) is 0.838. The van der Waals surface area contributed by atoms with Gasteiger partial charge in [0.2, 0.25) is 10.0 Å². The molecule has 1 saturated carbocycles. The van der Waals surface area contributed by atoms with E-state index in [0.29, 0.717) is 11.8 Å². The zero-order chi connectivity index (χ0) is 13.1. The van der Waals surface area contributed by atoms with Crippen LogP contribution in [0.5, 0.6) is 0 Å². The Morgan fingerprint density at radius 2 is 1.82 bits per heavy atom. The van der Waals surface area contributed by atoms with Crippen LogP contribution in [0.2, 0.25) is 0 Å². The highest BCUT2D eigenvalue weighted by Gasteiger charge is 2.32. The van der Waals surface area contributed by atoms with Gasteiger partial charge in [0.15, 0.2) is 5.25 Å². The summed E-state index contributed by atoms with van der Waals surface area (Å²) >= 11 is 0. The zero-order valence-corrected chi connectivity index (χ0v) is 11.6. The molecular weight excluding hydrogens is 236 g/mol. The van der Waals surface area contributed by atoms with E-state index in [1.807, 2.05) is 0 Å². The lowest BCUT2D eigenvalue weighted by molar-refractivity contribution is 0.226. The third-order valence-corrected chi connectivity index (χ3v) is 5.31. The number of nitrogens with one attached hydrogen (secondary N) is 1. The van der Waals surface area contributed by atoms with E-state index in [0.717, 1.165) is 19.3 Å². The molecule has 0 aromatic rings. The summed E-state index contributed by atoms with van der Waals surface area (Å²) in [5, 5.41) is 7.73. The predicted octanol–water partition coefficient (Wildman–Crippen LogP) is 2.03. The largest absolute Gasteiger partial charge is 0.227 e. The molecule has 0 saturated heterocycles. The fraction of sp³-hybridized carbons (Fsp3) is 0.917. The van der Waals surface area contributed by atoms with Crippen molar-refractivity contribution in [1.82, 2.24) is 4.72 Å². The van der Waals surface area contributed by atoms with Gasteiger partial charge in [-0.15, -0.1) is 0 Å². The van der Waals surface area contributed by atoms with E-state index in [1.54, 1.807) is 6.07 Å². The average Bonchev–Trinajstić information content (AvgIpc) is 2.27. The van der Waals surface area contributed by atoms with Crippen LogP contribution in [0, 0.1) is 23.2 Å². The number of nitrogens with zero attached hydrogens (tertiary/aromatic N) is 1. The van der Waals surface area contributed by atoms with Gasteiger partial charge in [0, 0.05) is 6.04 Å². The van der Waals surface area contributed by atoms with E-state index in [2.05, 4.69) is 18.6 Å². The highest BCUT2D eigenvalue weighted by molar-refractivity contribution is 7.90. The van der Waals surface area contributed by atoms with Crippen molar-refractivity contribution < 1.29 is 8.42 Å². The molecule has 0 bridgehead atoms. The van der Waals surface area contributed by atoms with Crippen molar-refractivity contribution in [2.24, 2.45) is 11.8 Å². The normalized spacial score (nSPS) is 27.7. The summed E-state index contributed by atoms with van der Waals surface area (Å²) < 4.78 is 26.5. The molecule has 0 radical (unpaired) electrons. The standard InChI is InChI=1S/C12H22N2O2S/c1-9(2)11-6-4-5-7-12(11)14-17(15,16)10(3)8-13/h9-12,14H,4-7H2,1-3H3. The Hall–Kier alpha value is -0.600. The topological polar surface area (TPSA) is 70.0 Å². The smallest absolute Gasteiger partial charge is 0.211 e. The van der Waals surface area contributed by atoms with Crippen LogP contribution in [0.3, 0.4) is 0 Å². The van der Waals surface area contributed by atoms with Crippen LogP contribution in [0.1, 0.15) is 46.5 Å². The number of sulfonamides is 1. The van der Waals surface area contributed by atoms with E-state index in [9.17, 15) is 8.42 Å². The lowest BCUT2D eigenvalue weighted by Crippen LogP contribution is -2.46. The first-order valence-corrected chi connectivity index (χ1v) is 7.84. The summed E-state index contributed by atoms with van der Waals surface area (Å²) in [5.74, 6) is 0.866. The van der Waals surface area contributed by atoms with Crippen molar-refractivity contribution in [2.45, 2.75) is 57.7 Å². The molecule has 98 valence electrons. The first kappa shape index (κ1) is 14.5. The van der Waals surface area contributed by atoms with Crippen LogP contribution in [-0.4, -0.2) is 19.7 Å². The van der Waals surface area contributed by atoms with Gasteiger partial charge in [0.1, 0.15) is 0 Å². The summed E-state index contributed by atoms with van der Waals surface area (Å²) in [6, 6.07) is 1.79. The summed E-state index contributed by atoms with van der Waals surface area (Å²) in [6.07, 6.45) is 4.21. The molecule has 1 fully saturated rings. The van der Waals surface area contributed by atoms with Crippen molar-refractivity contribution in [3.8, 4) is 6.07 Å². The second-order valence-electron chi connectivity index (χ2n) is 5.23. The van der Waals surface area contributed by atoms with Gasteiger partial charge in [-0.3, -0.25) is 0 Å². The summed E-state index contributed by atoms with van der Waals surface area (Å²) in [4.78, 5) is 0. The van der Waals surface area contributed by atoms with Gasteiger partial charge in [-0.25, -0.2) is 13.1 Å². The molecule has 1 N–H and O–H groups in total. The molecule has 1 aliphatic carbocycles. The Balaban J connectivity index is 2.75. The van der Waals surface area contributed by atoms with Crippen molar-refractivity contribution >= 4 is 10.0 Å². The summed E-state index contributed by atoms with van der Waals surface area (Å²) in [5.41, 5.74) is 0. The first-order chi connectivity index (χ1) is 7.88. The molecule has 17 heavy (non-hydrogen) atoms. The zero-order valence-electron chi connectivity index (χ0n) is 10.8. The van der Waals surface area contributed by atoms with Gasteiger partial charge in [-0.1, -0.05) is 26.7 Å². The minimum absolute atomic E-state index is 0.00421. The van der Waals surface area contributed by atoms with Crippen molar-refractivity contribution in [3.63, 3.8) is 0 Å². The third-order valence-electron chi connectivity index (χ3n) is 3.64. The molecule has 4 nitrogen and oxygen atoms in total. The summed E-state index contributed by atoms with van der Waals surface area (Å²) in [7, 11) is -3.49. The maximum Gasteiger partial charge on any atom is 0.227 e. The average molecular weight is 258 g/mol. The minimum atomic E-state index is -3.49. The molecule has 3 unspecified atom stereocenters. The molecule has 0 aromatic carbocycles. The van der Waals surface area contributed by atoms with Crippen LogP contribution in [0.15, 0.2) is 0 Å². The highest BCUT2D eigenvalue weighted by atomic mass is 32.2. The number of hydrogen-bond acceptors (Lipinski definition) is 3. The van der Waals surface area contributed by atoms with Gasteiger partial charge >= 0.3 is 0 Å². The fourth-order valence-electron chi connectivity index (χ4n) is 2.49. The Morgan fingerprint density at radius 3 is 2.35 bits per heavy atom. The number of hydrogen-bond donors (Lipinski definition) is 1. The van der Waals surface area contributed by atoms with Crippen molar-refractivity contribution in [3.05, 3.63) is 0 Å². The predicted molar refractivity (Wildman–Crippen MR) is 67.7 cm³/mol. The molecule has 0 aromatic heterocycles. The van der Waals surface area contributed by atoms with E-state index < -0.39 is 15.3 Å². The van der Waals surface area contributed by atoms with Crippen LogP contribution in [-0.2, 0) is 10.0 Å². The van der Waals surface area contributed by atoms with Gasteiger partial charge in [0.25, 0.3) is 0 Å². The minimum Gasteiger partial charge on any atom is -0.211 e. The van der Waals surface area contributed by atoms with E-state index in [-0.39, 0.29) is 6.04 Å². The highest BCUT2D eigenvalue weighted by Crippen LogP contribution is 2.30. The van der Waals surface area contributed by atoms with Crippen LogP contribution in [0.4, 0.5) is 0 Å². The van der Waals surface area contributed by atoms with E-state index in [4.69, 9.17) is 5.26 Å². The van der Waals surface area contributed by atoms with Crippen molar-refractivity contribution in [2.75, 3.05) is 0 Å². The molecule has 0 heterocycles. The second-order valence-corrected chi connectivity index (χ2v) is 7.27. The van der Waals surface area contributed by atoms with Crippen LogP contribution < -0.4 is 4.72 Å². The van der Waals surface area contributed by atoms with Gasteiger partial charge in [-0.05, 0) is 31.6 Å². The maximum atomic E-state index is 11.9. The Kier molecular flexibility index (Phi) is 4.96. The second kappa shape index (κ2) is 5.83. The molecule has 1 aliphatic rings. The SMILES string of the molecule is CC(C)C1CCCCC1NS(=O)(=O)C(C)C#N. The lowest BCUT2D eigenvalue weighted by atomic mass is 9.78. The van der Waals surface area contributed by atoms with E-state index >= 15 is 0 Å². The van der Waals surface area contributed by atoms with Crippen molar-refractivity contribution in [1.29, 1.82) is 5.26 Å². The first-order valence-electron chi connectivity index (χ1n) is 6.29. The van der Waals surface area contributed by atoms with Crippen LogP contribution >= 0.6 is 0 Å². The number of rotatable bonds is 4. The fourth-order valence-corrected chi connectivity index (χ4v) is 3.54. The Bertz CT molecular complexity index is 384. The van der Waals surface area contributed by atoms with Crippen LogP contribution in [0.25, 0.3) is 0 Å². The molecule has 0 amide bonds. The molecule has 0 spiro atoms. The molecule has 3 atom stereocenters. The number of nitriles is 1. The molecule has 5 heteroatoms. The molecule has 1 rings (SSSR count). The Morgan fingerprint density at radius 1 is 1.24 bits per heavy atom. The van der Waals surface area contributed by atoms with Gasteiger partial charge in [0.05, 0.1) is 6.07 Å². The molecular formula is C12H22N2O2S. The maximum absolute atomic E-state index is 11.9. The third kappa shape index (κ3) is 3.68.